The quantitative estimate of drug-likeness (QED) is 0.468. The van der Waals surface area contributed by atoms with Crippen LogP contribution in [0.15, 0.2) is 42.0 Å². The average molecular weight is 389 g/mol. The Labute approximate surface area is 167 Å². The molecule has 2 rings (SSSR count). The summed E-state index contributed by atoms with van der Waals surface area (Å²) in [5.41, 5.74) is 2.15. The molecule has 0 heterocycles. The van der Waals surface area contributed by atoms with E-state index in [1.165, 1.54) is 6.42 Å². The highest BCUT2D eigenvalue weighted by Gasteiger charge is 2.19. The lowest BCUT2D eigenvalue weighted by Gasteiger charge is -2.21. The van der Waals surface area contributed by atoms with Gasteiger partial charge in [0.2, 0.25) is 0 Å². The number of hydrogen-bond donors (Lipinski definition) is 3. The summed E-state index contributed by atoms with van der Waals surface area (Å²) in [6.07, 6.45) is 7.94. The Balaban J connectivity index is 1.97. The first-order chi connectivity index (χ1) is 13.3. The van der Waals surface area contributed by atoms with Gasteiger partial charge in [-0.25, -0.2) is 4.79 Å². The van der Waals surface area contributed by atoms with E-state index in [4.69, 9.17) is 4.74 Å². The maximum absolute atomic E-state index is 12.4. The molecule has 0 aromatic heterocycles. The molecule has 0 aliphatic heterocycles. The minimum atomic E-state index is -1.05. The topological polar surface area (TPSA) is 87.0 Å². The minimum Gasteiger partial charge on any atom is -0.459 e. The number of carbonyl (C=O) groups is 1. The van der Waals surface area contributed by atoms with Crippen LogP contribution in [0.25, 0.3) is 6.08 Å². The van der Waals surface area contributed by atoms with Crippen LogP contribution in [-0.2, 0) is 4.74 Å². The zero-order valence-corrected chi connectivity index (χ0v) is 16.8. The van der Waals surface area contributed by atoms with E-state index < -0.39 is 18.3 Å². The summed E-state index contributed by atoms with van der Waals surface area (Å²) in [4.78, 5) is 12.4. The van der Waals surface area contributed by atoms with Gasteiger partial charge in [-0.3, -0.25) is 0 Å². The lowest BCUT2D eigenvalue weighted by Crippen LogP contribution is -2.27. The monoisotopic (exact) mass is 388 g/mol. The standard InChI is InChI=1S/C23H32O5/c1-16(13-21(25)22(26)14-17(2)24)11-12-18-7-6-8-19(15-18)23(27)28-20-9-4-3-5-10-20/h6-8,11-13,15,17,20-22,24-26H,3-5,9-10,14H2,1-2H3/b12-11+,16-13+. The summed E-state index contributed by atoms with van der Waals surface area (Å²) in [5.74, 6) is -0.286. The van der Waals surface area contributed by atoms with E-state index in [9.17, 15) is 20.1 Å². The van der Waals surface area contributed by atoms with Gasteiger partial charge >= 0.3 is 5.97 Å². The largest absolute Gasteiger partial charge is 0.459 e. The SMILES string of the molecule is CC(/C=C/c1cccc(C(=O)OC2CCCCC2)c1)=C\C(O)C(O)CC(C)O. The Bertz CT molecular complexity index is 686. The average Bonchev–Trinajstić information content (AvgIpc) is 2.67. The van der Waals surface area contributed by atoms with Gasteiger partial charge < -0.3 is 20.1 Å². The van der Waals surface area contributed by atoms with Crippen LogP contribution in [0.2, 0.25) is 0 Å². The molecule has 0 amide bonds. The Hall–Kier alpha value is -1.95. The molecule has 154 valence electrons. The zero-order valence-electron chi connectivity index (χ0n) is 16.8. The molecule has 3 atom stereocenters. The van der Waals surface area contributed by atoms with E-state index in [0.29, 0.717) is 5.56 Å². The number of allylic oxidation sites excluding steroid dienone is 2. The third kappa shape index (κ3) is 7.58. The minimum absolute atomic E-state index is 0.0279. The fourth-order valence-corrected chi connectivity index (χ4v) is 3.32. The second kappa shape index (κ2) is 11.1. The second-order valence-electron chi connectivity index (χ2n) is 7.68. The van der Waals surface area contributed by atoms with Crippen molar-refractivity contribution in [3.63, 3.8) is 0 Å². The van der Waals surface area contributed by atoms with Crippen molar-refractivity contribution in [1.29, 1.82) is 0 Å². The van der Waals surface area contributed by atoms with E-state index in [1.54, 1.807) is 25.1 Å². The van der Waals surface area contributed by atoms with Gasteiger partial charge in [0.05, 0.1) is 23.9 Å². The van der Waals surface area contributed by atoms with E-state index in [2.05, 4.69) is 0 Å². The molecule has 0 spiro atoms. The van der Waals surface area contributed by atoms with Crippen molar-refractivity contribution in [2.24, 2.45) is 0 Å². The first-order valence-electron chi connectivity index (χ1n) is 10.1. The van der Waals surface area contributed by atoms with Gasteiger partial charge in [-0.1, -0.05) is 42.4 Å². The molecular formula is C23H32O5. The van der Waals surface area contributed by atoms with Gasteiger partial charge in [-0.05, 0) is 57.2 Å². The fourth-order valence-electron chi connectivity index (χ4n) is 3.32. The predicted molar refractivity (Wildman–Crippen MR) is 110 cm³/mol. The summed E-state index contributed by atoms with van der Waals surface area (Å²) in [6.45, 7) is 3.38. The number of esters is 1. The normalized spacial score (nSPS) is 19.4. The molecule has 5 heteroatoms. The number of aliphatic hydroxyl groups is 3. The van der Waals surface area contributed by atoms with Gasteiger partial charge in [0.1, 0.15) is 6.10 Å². The number of carbonyl (C=O) groups excluding carboxylic acids is 1. The van der Waals surface area contributed by atoms with E-state index >= 15 is 0 Å². The van der Waals surface area contributed by atoms with Crippen LogP contribution < -0.4 is 0 Å². The number of aliphatic hydroxyl groups excluding tert-OH is 3. The third-order valence-electron chi connectivity index (χ3n) is 4.90. The molecule has 0 bridgehead atoms. The molecule has 3 N–H and O–H groups in total. The van der Waals surface area contributed by atoms with E-state index in [1.807, 2.05) is 31.2 Å². The fraction of sp³-hybridized carbons (Fsp3) is 0.522. The Kier molecular flexibility index (Phi) is 8.90. The van der Waals surface area contributed by atoms with Crippen LogP contribution in [0.4, 0.5) is 0 Å². The Morgan fingerprint density at radius 3 is 2.61 bits per heavy atom. The molecule has 1 aliphatic rings. The van der Waals surface area contributed by atoms with Crippen molar-refractivity contribution in [1.82, 2.24) is 0 Å². The number of rotatable bonds is 8. The molecule has 1 aromatic carbocycles. The van der Waals surface area contributed by atoms with Crippen LogP contribution in [0.3, 0.4) is 0 Å². The van der Waals surface area contributed by atoms with Crippen LogP contribution >= 0.6 is 0 Å². The molecule has 1 aliphatic carbocycles. The molecule has 28 heavy (non-hydrogen) atoms. The lowest BCUT2D eigenvalue weighted by molar-refractivity contribution is 0.0140. The van der Waals surface area contributed by atoms with Gasteiger partial charge in [-0.15, -0.1) is 0 Å². The summed E-state index contributed by atoms with van der Waals surface area (Å²) >= 11 is 0. The van der Waals surface area contributed by atoms with E-state index in [-0.39, 0.29) is 18.5 Å². The summed E-state index contributed by atoms with van der Waals surface area (Å²) in [6, 6.07) is 7.24. The number of ether oxygens (including phenoxy) is 1. The number of hydrogen-bond acceptors (Lipinski definition) is 5. The molecule has 1 aromatic rings. The van der Waals surface area contributed by atoms with Gasteiger partial charge in [0, 0.05) is 6.42 Å². The lowest BCUT2D eigenvalue weighted by atomic mass is 9.98. The van der Waals surface area contributed by atoms with Crippen molar-refractivity contribution < 1.29 is 24.9 Å². The van der Waals surface area contributed by atoms with Gasteiger partial charge in [-0.2, -0.15) is 0 Å². The molecule has 3 unspecified atom stereocenters. The van der Waals surface area contributed by atoms with Crippen molar-refractivity contribution in [3.05, 3.63) is 53.1 Å². The van der Waals surface area contributed by atoms with Crippen LogP contribution in [0.5, 0.6) is 0 Å². The first-order valence-corrected chi connectivity index (χ1v) is 10.1. The van der Waals surface area contributed by atoms with E-state index in [0.717, 1.165) is 36.8 Å². The first kappa shape index (κ1) is 22.3. The molecule has 1 saturated carbocycles. The molecule has 5 nitrogen and oxygen atoms in total. The van der Waals surface area contributed by atoms with Crippen molar-refractivity contribution in [3.8, 4) is 0 Å². The zero-order chi connectivity index (χ0) is 20.5. The van der Waals surface area contributed by atoms with Crippen LogP contribution in [0, 0.1) is 0 Å². The highest BCUT2D eigenvalue weighted by Crippen LogP contribution is 2.22. The summed E-state index contributed by atoms with van der Waals surface area (Å²) in [5, 5.41) is 29.1. The highest BCUT2D eigenvalue weighted by molar-refractivity contribution is 5.90. The Morgan fingerprint density at radius 2 is 1.93 bits per heavy atom. The molecule has 0 saturated heterocycles. The smallest absolute Gasteiger partial charge is 0.338 e. The molecule has 1 fully saturated rings. The summed E-state index contributed by atoms with van der Waals surface area (Å²) in [7, 11) is 0. The maximum atomic E-state index is 12.4. The summed E-state index contributed by atoms with van der Waals surface area (Å²) < 4.78 is 5.61. The highest BCUT2D eigenvalue weighted by atomic mass is 16.5. The number of benzene rings is 1. The maximum Gasteiger partial charge on any atom is 0.338 e. The van der Waals surface area contributed by atoms with Gasteiger partial charge in [0.15, 0.2) is 0 Å². The Morgan fingerprint density at radius 1 is 1.21 bits per heavy atom. The third-order valence-corrected chi connectivity index (χ3v) is 4.90. The van der Waals surface area contributed by atoms with Crippen molar-refractivity contribution >= 4 is 12.0 Å². The second-order valence-corrected chi connectivity index (χ2v) is 7.68. The van der Waals surface area contributed by atoms with Crippen LogP contribution in [-0.4, -0.2) is 45.7 Å². The molecule has 0 radical (unpaired) electrons. The van der Waals surface area contributed by atoms with Crippen molar-refractivity contribution in [2.45, 2.75) is 76.8 Å². The van der Waals surface area contributed by atoms with Crippen molar-refractivity contribution in [2.75, 3.05) is 0 Å². The van der Waals surface area contributed by atoms with Crippen LogP contribution in [0.1, 0.15) is 68.3 Å². The predicted octanol–water partition coefficient (Wildman–Crippen LogP) is 3.63. The van der Waals surface area contributed by atoms with Gasteiger partial charge in [0.25, 0.3) is 0 Å². The molecular weight excluding hydrogens is 356 g/mol.